The van der Waals surface area contributed by atoms with E-state index in [1.54, 1.807) is 6.07 Å². The van der Waals surface area contributed by atoms with Crippen LogP contribution in [0.5, 0.6) is 0 Å². The highest BCUT2D eigenvalue weighted by atomic mass is 127. The molecule has 0 amide bonds. The standard InChI is InChI=1S/C10H12FIN2O2S/c11-7-5-10(9(13)6-8(7)12)14-1-3-17(15,16)4-2-14/h5-6H,1-4,13H2. The van der Waals surface area contributed by atoms with Gasteiger partial charge in [0.05, 0.1) is 26.5 Å². The Kier molecular flexibility index (Phi) is 3.48. The fourth-order valence-electron chi connectivity index (χ4n) is 1.78. The molecule has 0 spiro atoms. The lowest BCUT2D eigenvalue weighted by atomic mass is 10.2. The zero-order valence-corrected chi connectivity index (χ0v) is 12.0. The van der Waals surface area contributed by atoms with Crippen LogP contribution in [0.4, 0.5) is 15.8 Å². The molecule has 0 aliphatic carbocycles. The van der Waals surface area contributed by atoms with Crippen LogP contribution in [0, 0.1) is 9.39 Å². The Bertz CT molecular complexity index is 533. The van der Waals surface area contributed by atoms with Crippen molar-refractivity contribution in [3.05, 3.63) is 21.5 Å². The first kappa shape index (κ1) is 12.9. The van der Waals surface area contributed by atoms with Gasteiger partial charge in [0.15, 0.2) is 9.84 Å². The van der Waals surface area contributed by atoms with Crippen molar-refractivity contribution in [3.8, 4) is 0 Å². The molecule has 2 N–H and O–H groups in total. The minimum Gasteiger partial charge on any atom is -0.397 e. The number of halogens is 2. The summed E-state index contributed by atoms with van der Waals surface area (Å²) in [6.45, 7) is 0.735. The lowest BCUT2D eigenvalue weighted by Crippen LogP contribution is -2.40. The zero-order valence-electron chi connectivity index (χ0n) is 8.99. The molecule has 7 heteroatoms. The van der Waals surface area contributed by atoms with Crippen LogP contribution < -0.4 is 10.6 Å². The summed E-state index contributed by atoms with van der Waals surface area (Å²) in [5, 5.41) is 0. The highest BCUT2D eigenvalue weighted by Crippen LogP contribution is 2.28. The molecule has 0 radical (unpaired) electrons. The van der Waals surface area contributed by atoms with Crippen LogP contribution in [0.15, 0.2) is 12.1 Å². The maximum absolute atomic E-state index is 13.5. The smallest absolute Gasteiger partial charge is 0.153 e. The summed E-state index contributed by atoms with van der Waals surface area (Å²) in [6.07, 6.45) is 0. The summed E-state index contributed by atoms with van der Waals surface area (Å²) < 4.78 is 36.5. The molecule has 1 heterocycles. The summed E-state index contributed by atoms with van der Waals surface area (Å²) in [6, 6.07) is 2.93. The highest BCUT2D eigenvalue weighted by molar-refractivity contribution is 14.1. The van der Waals surface area contributed by atoms with E-state index in [-0.39, 0.29) is 17.3 Å². The van der Waals surface area contributed by atoms with Gasteiger partial charge >= 0.3 is 0 Å². The Morgan fingerprint density at radius 1 is 1.29 bits per heavy atom. The molecule has 1 aromatic carbocycles. The number of nitrogens with two attached hydrogens (primary N) is 1. The fraction of sp³-hybridized carbons (Fsp3) is 0.400. The number of sulfone groups is 1. The van der Waals surface area contributed by atoms with E-state index in [0.29, 0.717) is 28.0 Å². The topological polar surface area (TPSA) is 63.4 Å². The van der Waals surface area contributed by atoms with Crippen LogP contribution in [0.1, 0.15) is 0 Å². The van der Waals surface area contributed by atoms with Crippen molar-refractivity contribution in [2.75, 3.05) is 35.2 Å². The maximum Gasteiger partial charge on any atom is 0.153 e. The molecule has 0 aromatic heterocycles. The van der Waals surface area contributed by atoms with Crippen molar-refractivity contribution in [2.45, 2.75) is 0 Å². The Labute approximate surface area is 113 Å². The van der Waals surface area contributed by atoms with Crippen LogP contribution >= 0.6 is 22.6 Å². The third kappa shape index (κ3) is 2.82. The molecule has 1 aliphatic rings. The van der Waals surface area contributed by atoms with Crippen LogP contribution in [0.25, 0.3) is 0 Å². The van der Waals surface area contributed by atoms with Gasteiger partial charge in [-0.1, -0.05) is 0 Å². The van der Waals surface area contributed by atoms with Gasteiger partial charge in [0.25, 0.3) is 0 Å². The van der Waals surface area contributed by atoms with E-state index in [1.807, 2.05) is 27.5 Å². The molecule has 1 aliphatic heterocycles. The van der Waals surface area contributed by atoms with Crippen molar-refractivity contribution in [1.82, 2.24) is 0 Å². The second-order valence-corrected chi connectivity index (χ2v) is 7.43. The average Bonchev–Trinajstić information content (AvgIpc) is 2.24. The van der Waals surface area contributed by atoms with Gasteiger partial charge in [-0.15, -0.1) is 0 Å². The van der Waals surface area contributed by atoms with Crippen molar-refractivity contribution in [2.24, 2.45) is 0 Å². The third-order valence-electron chi connectivity index (χ3n) is 2.75. The number of hydrogen-bond donors (Lipinski definition) is 1. The summed E-state index contributed by atoms with van der Waals surface area (Å²) >= 11 is 1.87. The second kappa shape index (κ2) is 4.60. The van der Waals surface area contributed by atoms with Crippen molar-refractivity contribution in [3.63, 3.8) is 0 Å². The van der Waals surface area contributed by atoms with Gasteiger partial charge in [0, 0.05) is 19.2 Å². The lowest BCUT2D eigenvalue weighted by molar-refractivity contribution is 0.586. The van der Waals surface area contributed by atoms with Gasteiger partial charge in [-0.25, -0.2) is 12.8 Å². The molecule has 17 heavy (non-hydrogen) atoms. The zero-order chi connectivity index (χ0) is 12.6. The fourth-order valence-corrected chi connectivity index (χ4v) is 3.47. The molecular weight excluding hydrogens is 358 g/mol. The maximum atomic E-state index is 13.5. The van der Waals surface area contributed by atoms with Gasteiger partial charge in [-0.3, -0.25) is 0 Å². The Hall–Kier alpha value is -0.570. The molecule has 1 saturated heterocycles. The lowest BCUT2D eigenvalue weighted by Gasteiger charge is -2.29. The molecule has 1 fully saturated rings. The van der Waals surface area contributed by atoms with Gasteiger partial charge in [-0.05, 0) is 28.7 Å². The number of nitrogens with zero attached hydrogens (tertiary/aromatic N) is 1. The van der Waals surface area contributed by atoms with E-state index in [4.69, 9.17) is 5.73 Å². The first-order valence-corrected chi connectivity index (χ1v) is 7.99. The van der Waals surface area contributed by atoms with E-state index in [2.05, 4.69) is 0 Å². The van der Waals surface area contributed by atoms with Crippen LogP contribution in [-0.2, 0) is 9.84 Å². The predicted molar refractivity (Wildman–Crippen MR) is 74.4 cm³/mol. The molecule has 0 atom stereocenters. The number of anilines is 2. The molecule has 94 valence electrons. The largest absolute Gasteiger partial charge is 0.397 e. The molecule has 0 unspecified atom stereocenters. The normalized spacial score (nSPS) is 19.3. The van der Waals surface area contributed by atoms with E-state index in [1.165, 1.54) is 6.07 Å². The summed E-state index contributed by atoms with van der Waals surface area (Å²) in [5.74, 6) is -0.136. The van der Waals surface area contributed by atoms with Gasteiger partial charge < -0.3 is 10.6 Å². The van der Waals surface area contributed by atoms with Gasteiger partial charge in [-0.2, -0.15) is 0 Å². The first-order chi connectivity index (χ1) is 7.89. The highest BCUT2D eigenvalue weighted by Gasteiger charge is 2.23. The molecule has 2 rings (SSSR count). The monoisotopic (exact) mass is 370 g/mol. The molecule has 0 saturated carbocycles. The molecule has 4 nitrogen and oxygen atoms in total. The van der Waals surface area contributed by atoms with E-state index in [0.717, 1.165) is 0 Å². The number of hydrogen-bond acceptors (Lipinski definition) is 4. The predicted octanol–water partition coefficient (Wildman–Crippen LogP) is 1.25. The number of benzene rings is 1. The Balaban J connectivity index is 2.27. The minimum atomic E-state index is -2.93. The van der Waals surface area contributed by atoms with Crippen LogP contribution in [-0.4, -0.2) is 33.0 Å². The summed E-state index contributed by atoms with van der Waals surface area (Å²) in [7, 11) is -2.93. The summed E-state index contributed by atoms with van der Waals surface area (Å²) in [5.41, 5.74) is 6.89. The SMILES string of the molecule is Nc1cc(I)c(F)cc1N1CCS(=O)(=O)CC1. The van der Waals surface area contributed by atoms with Crippen LogP contribution in [0.2, 0.25) is 0 Å². The van der Waals surface area contributed by atoms with E-state index >= 15 is 0 Å². The molecular formula is C10H12FIN2O2S. The Morgan fingerprint density at radius 2 is 1.88 bits per heavy atom. The van der Waals surface area contributed by atoms with E-state index < -0.39 is 9.84 Å². The van der Waals surface area contributed by atoms with Crippen molar-refractivity contribution >= 4 is 43.8 Å². The number of nitrogen functional groups attached to an aromatic ring is 1. The van der Waals surface area contributed by atoms with Crippen LogP contribution in [0.3, 0.4) is 0 Å². The average molecular weight is 370 g/mol. The van der Waals surface area contributed by atoms with Crippen molar-refractivity contribution < 1.29 is 12.8 Å². The van der Waals surface area contributed by atoms with Gasteiger partial charge in [0.1, 0.15) is 5.82 Å². The minimum absolute atomic E-state index is 0.0973. The molecule has 0 bridgehead atoms. The van der Waals surface area contributed by atoms with Gasteiger partial charge in [0.2, 0.25) is 0 Å². The third-order valence-corrected chi connectivity index (χ3v) is 5.19. The Morgan fingerprint density at radius 3 is 2.47 bits per heavy atom. The molecule has 1 aromatic rings. The summed E-state index contributed by atoms with van der Waals surface area (Å²) in [4.78, 5) is 1.82. The quantitative estimate of drug-likeness (QED) is 0.597. The number of rotatable bonds is 1. The van der Waals surface area contributed by atoms with E-state index in [9.17, 15) is 12.8 Å². The first-order valence-electron chi connectivity index (χ1n) is 5.09. The second-order valence-electron chi connectivity index (χ2n) is 3.96. The van der Waals surface area contributed by atoms with Crippen molar-refractivity contribution in [1.29, 1.82) is 0 Å².